The molecule has 0 fully saturated rings. The zero-order valence-corrected chi connectivity index (χ0v) is 15.8. The van der Waals surface area contributed by atoms with Crippen molar-refractivity contribution < 1.29 is 8.42 Å². The number of aromatic nitrogens is 2. The van der Waals surface area contributed by atoms with Crippen molar-refractivity contribution >= 4 is 15.7 Å². The normalized spacial score (nSPS) is 16.7. The van der Waals surface area contributed by atoms with Crippen LogP contribution < -0.4 is 4.90 Å². The Kier molecular flexibility index (Phi) is 4.96. The van der Waals surface area contributed by atoms with Gasteiger partial charge in [-0.1, -0.05) is 42.5 Å². The fourth-order valence-electron chi connectivity index (χ4n) is 3.42. The van der Waals surface area contributed by atoms with Gasteiger partial charge in [-0.15, -0.1) is 0 Å². The van der Waals surface area contributed by atoms with Crippen LogP contribution in [0.4, 0.5) is 5.69 Å². The molecule has 1 aliphatic rings. The van der Waals surface area contributed by atoms with E-state index in [1.165, 1.54) is 0 Å². The number of sulfonamides is 1. The van der Waals surface area contributed by atoms with E-state index in [0.29, 0.717) is 37.5 Å². The topological polar surface area (TPSA) is 69.3 Å². The number of hydrogen-bond acceptors (Lipinski definition) is 4. The summed E-state index contributed by atoms with van der Waals surface area (Å²) < 4.78 is 28.1. The van der Waals surface area contributed by atoms with Crippen molar-refractivity contribution in [2.24, 2.45) is 0 Å². The van der Waals surface area contributed by atoms with Gasteiger partial charge in [-0.05, 0) is 17.7 Å². The summed E-state index contributed by atoms with van der Waals surface area (Å²) in [7, 11) is -3.54. The summed E-state index contributed by atoms with van der Waals surface area (Å²) in [6.07, 6.45) is 3.96. The van der Waals surface area contributed by atoms with Gasteiger partial charge in [-0.2, -0.15) is 4.31 Å². The number of H-pyrrole nitrogens is 1. The van der Waals surface area contributed by atoms with Gasteiger partial charge in [0.05, 0.1) is 12.0 Å². The second-order valence-corrected chi connectivity index (χ2v) is 8.51. The van der Waals surface area contributed by atoms with E-state index in [1.54, 1.807) is 29.0 Å². The summed E-state index contributed by atoms with van der Waals surface area (Å²) in [5, 5.41) is 0. The SMILES string of the molecule is O=S1(=O)c2ccccc2N(Cc2ccccc2)CCN1CCc1cnc[nH]1. The first-order valence-electron chi connectivity index (χ1n) is 9.00. The lowest BCUT2D eigenvalue weighted by molar-refractivity contribution is 0.421. The molecule has 0 amide bonds. The number of imidazole rings is 1. The molecule has 3 aromatic rings. The fourth-order valence-corrected chi connectivity index (χ4v) is 5.06. The average molecular weight is 382 g/mol. The van der Waals surface area contributed by atoms with Gasteiger partial charge in [-0.25, -0.2) is 13.4 Å². The molecule has 1 aliphatic heterocycles. The number of benzene rings is 2. The lowest BCUT2D eigenvalue weighted by Gasteiger charge is -2.24. The monoisotopic (exact) mass is 382 g/mol. The van der Waals surface area contributed by atoms with Crippen LogP contribution in [0.3, 0.4) is 0 Å². The number of fused-ring (bicyclic) bond motifs is 1. The van der Waals surface area contributed by atoms with E-state index in [9.17, 15) is 8.42 Å². The second kappa shape index (κ2) is 7.54. The molecule has 0 aliphatic carbocycles. The Labute approximate surface area is 159 Å². The van der Waals surface area contributed by atoms with Gasteiger partial charge in [0.25, 0.3) is 0 Å². The summed E-state index contributed by atoms with van der Waals surface area (Å²) in [4.78, 5) is 9.57. The third-order valence-electron chi connectivity index (χ3n) is 4.84. The predicted octanol–water partition coefficient (Wildman–Crippen LogP) is 2.66. The van der Waals surface area contributed by atoms with Crippen molar-refractivity contribution in [1.29, 1.82) is 0 Å². The van der Waals surface area contributed by atoms with E-state index in [2.05, 4.69) is 27.0 Å². The van der Waals surface area contributed by atoms with Crippen LogP contribution in [-0.2, 0) is 23.0 Å². The minimum Gasteiger partial charge on any atom is -0.365 e. The lowest BCUT2D eigenvalue weighted by atomic mass is 10.2. The zero-order valence-electron chi connectivity index (χ0n) is 15.0. The van der Waals surface area contributed by atoms with Crippen LogP contribution in [0.2, 0.25) is 0 Å². The predicted molar refractivity (Wildman–Crippen MR) is 105 cm³/mol. The quantitative estimate of drug-likeness (QED) is 0.737. The Morgan fingerprint density at radius 2 is 1.78 bits per heavy atom. The summed E-state index contributed by atoms with van der Waals surface area (Å²) in [5.74, 6) is 0. The highest BCUT2D eigenvalue weighted by atomic mass is 32.2. The number of nitrogens with one attached hydrogen (secondary N) is 1. The molecule has 4 rings (SSSR count). The molecule has 2 aromatic carbocycles. The van der Waals surface area contributed by atoms with Crippen molar-refractivity contribution in [3.63, 3.8) is 0 Å². The highest BCUT2D eigenvalue weighted by Gasteiger charge is 2.32. The minimum atomic E-state index is -3.54. The Morgan fingerprint density at radius 3 is 2.56 bits per heavy atom. The first-order chi connectivity index (χ1) is 13.1. The Morgan fingerprint density at radius 1 is 1.00 bits per heavy atom. The zero-order chi connectivity index (χ0) is 18.7. The van der Waals surface area contributed by atoms with Crippen LogP contribution in [0.1, 0.15) is 11.3 Å². The van der Waals surface area contributed by atoms with Crippen molar-refractivity contribution in [3.05, 3.63) is 78.4 Å². The molecule has 0 spiro atoms. The number of para-hydroxylation sites is 1. The van der Waals surface area contributed by atoms with Crippen molar-refractivity contribution in [2.75, 3.05) is 24.5 Å². The molecule has 140 valence electrons. The fraction of sp³-hybridized carbons (Fsp3) is 0.250. The second-order valence-electron chi connectivity index (χ2n) is 6.61. The molecular formula is C20H22N4O2S. The molecule has 7 heteroatoms. The Balaban J connectivity index is 1.63. The summed E-state index contributed by atoms with van der Waals surface area (Å²) >= 11 is 0. The van der Waals surface area contributed by atoms with E-state index in [-0.39, 0.29) is 0 Å². The van der Waals surface area contributed by atoms with Gasteiger partial charge in [-0.3, -0.25) is 0 Å². The Bertz CT molecular complexity index is 988. The van der Waals surface area contributed by atoms with Crippen LogP contribution in [0.25, 0.3) is 0 Å². The molecule has 1 N–H and O–H groups in total. The number of nitrogens with zero attached hydrogens (tertiary/aromatic N) is 3. The highest BCUT2D eigenvalue weighted by molar-refractivity contribution is 7.89. The molecule has 27 heavy (non-hydrogen) atoms. The highest BCUT2D eigenvalue weighted by Crippen LogP contribution is 2.31. The van der Waals surface area contributed by atoms with E-state index < -0.39 is 10.0 Å². The van der Waals surface area contributed by atoms with Crippen LogP contribution in [0, 0.1) is 0 Å². The molecule has 0 radical (unpaired) electrons. The minimum absolute atomic E-state index is 0.378. The van der Waals surface area contributed by atoms with E-state index in [1.807, 2.05) is 30.3 Å². The van der Waals surface area contributed by atoms with Crippen molar-refractivity contribution in [1.82, 2.24) is 14.3 Å². The largest absolute Gasteiger partial charge is 0.365 e. The summed E-state index contributed by atoms with van der Waals surface area (Å²) in [6.45, 7) is 2.21. The van der Waals surface area contributed by atoms with Crippen molar-refractivity contribution in [2.45, 2.75) is 17.9 Å². The van der Waals surface area contributed by atoms with Crippen LogP contribution in [-0.4, -0.2) is 42.3 Å². The van der Waals surface area contributed by atoms with Crippen LogP contribution in [0.5, 0.6) is 0 Å². The smallest absolute Gasteiger partial charge is 0.245 e. The van der Waals surface area contributed by atoms with E-state index in [4.69, 9.17) is 0 Å². The maximum Gasteiger partial charge on any atom is 0.245 e. The number of hydrogen-bond donors (Lipinski definition) is 1. The van der Waals surface area contributed by atoms with Gasteiger partial charge in [0, 0.05) is 44.5 Å². The maximum atomic E-state index is 13.3. The molecule has 0 atom stereocenters. The van der Waals surface area contributed by atoms with Gasteiger partial charge in [0.1, 0.15) is 4.90 Å². The standard InChI is InChI=1S/C20H22N4O2S/c25-27(26)20-9-5-4-8-19(20)23(15-17-6-2-1-3-7-17)12-13-24(27)11-10-18-14-21-16-22-18/h1-9,14,16H,10-13,15H2,(H,21,22). The average Bonchev–Trinajstić information content (AvgIpc) is 3.18. The molecule has 1 aromatic heterocycles. The van der Waals surface area contributed by atoms with Gasteiger partial charge in [0.15, 0.2) is 0 Å². The molecule has 0 saturated carbocycles. The number of rotatable bonds is 5. The third-order valence-corrected chi connectivity index (χ3v) is 6.79. The number of aromatic amines is 1. The van der Waals surface area contributed by atoms with E-state index in [0.717, 1.165) is 16.9 Å². The molecule has 0 bridgehead atoms. The molecule has 0 unspecified atom stereocenters. The first-order valence-corrected chi connectivity index (χ1v) is 10.4. The van der Waals surface area contributed by atoms with E-state index >= 15 is 0 Å². The molecular weight excluding hydrogens is 360 g/mol. The Hall–Kier alpha value is -2.64. The molecule has 0 saturated heterocycles. The van der Waals surface area contributed by atoms with Gasteiger partial charge >= 0.3 is 0 Å². The maximum absolute atomic E-state index is 13.3. The van der Waals surface area contributed by atoms with Crippen LogP contribution >= 0.6 is 0 Å². The van der Waals surface area contributed by atoms with Gasteiger partial charge in [0.2, 0.25) is 10.0 Å². The van der Waals surface area contributed by atoms with Crippen LogP contribution in [0.15, 0.2) is 72.0 Å². The van der Waals surface area contributed by atoms with Crippen molar-refractivity contribution in [3.8, 4) is 0 Å². The first kappa shape index (κ1) is 17.8. The summed E-state index contributed by atoms with van der Waals surface area (Å²) in [6, 6.07) is 17.4. The molecule has 6 nitrogen and oxygen atoms in total. The third kappa shape index (κ3) is 3.74. The summed E-state index contributed by atoms with van der Waals surface area (Å²) in [5.41, 5.74) is 2.87. The number of anilines is 1. The lowest BCUT2D eigenvalue weighted by Crippen LogP contribution is -2.36. The molecule has 2 heterocycles. The van der Waals surface area contributed by atoms with Gasteiger partial charge < -0.3 is 9.88 Å².